The average Bonchev–Trinajstić information content (AvgIpc) is 3.05. The van der Waals surface area contributed by atoms with E-state index in [1.165, 1.54) is 15.7 Å². The number of hydrogen-bond donors (Lipinski definition) is 0. The zero-order valence-corrected chi connectivity index (χ0v) is 13.0. The Morgan fingerprint density at radius 2 is 2.00 bits per heavy atom. The van der Waals surface area contributed by atoms with Gasteiger partial charge in [-0.05, 0) is 35.8 Å². The van der Waals surface area contributed by atoms with Gasteiger partial charge in [0.2, 0.25) is 0 Å². The van der Waals surface area contributed by atoms with Gasteiger partial charge < -0.3 is 4.57 Å². The van der Waals surface area contributed by atoms with E-state index in [1.54, 1.807) is 7.05 Å². The molecule has 1 saturated carbocycles. The Morgan fingerprint density at radius 3 is 2.71 bits per heavy atom. The maximum absolute atomic E-state index is 11.5. The number of hydrogen-bond acceptors (Lipinski definition) is 4. The lowest BCUT2D eigenvalue weighted by Crippen LogP contribution is -2.04. The van der Waals surface area contributed by atoms with E-state index in [4.69, 9.17) is 10.7 Å². The fourth-order valence-electron chi connectivity index (χ4n) is 3.75. The number of nitrogens with zero attached hydrogens (tertiary/aromatic N) is 3. The minimum atomic E-state index is -3.85. The van der Waals surface area contributed by atoms with E-state index in [-0.39, 0.29) is 11.1 Å². The van der Waals surface area contributed by atoms with Crippen molar-refractivity contribution in [3.8, 4) is 0 Å². The van der Waals surface area contributed by atoms with Crippen LogP contribution in [-0.4, -0.2) is 23.2 Å². The van der Waals surface area contributed by atoms with Crippen LogP contribution in [-0.2, 0) is 22.5 Å². The van der Waals surface area contributed by atoms with Gasteiger partial charge in [0, 0.05) is 23.6 Å². The van der Waals surface area contributed by atoms with E-state index in [1.807, 2.05) is 0 Å². The molecule has 1 fully saturated rings. The van der Waals surface area contributed by atoms with Crippen molar-refractivity contribution in [1.82, 2.24) is 14.8 Å². The molecule has 1 heterocycles. The number of aryl methyl sites for hydroxylation is 1. The van der Waals surface area contributed by atoms with Crippen LogP contribution < -0.4 is 0 Å². The number of aromatic nitrogens is 3. The van der Waals surface area contributed by atoms with Crippen LogP contribution in [0.2, 0.25) is 0 Å². The molecule has 2 aliphatic rings. The summed E-state index contributed by atoms with van der Waals surface area (Å²) >= 11 is 0. The summed E-state index contributed by atoms with van der Waals surface area (Å²) in [7, 11) is 3.20. The SMILES string of the molecule is Cn1c(C2C3CCc4ccccc4C32)nnc1S(=O)(=O)Cl. The Morgan fingerprint density at radius 1 is 1.24 bits per heavy atom. The van der Waals surface area contributed by atoms with Gasteiger partial charge in [0.15, 0.2) is 0 Å². The average molecular weight is 324 g/mol. The number of rotatable bonds is 2. The summed E-state index contributed by atoms with van der Waals surface area (Å²) < 4.78 is 24.5. The molecule has 7 heteroatoms. The molecule has 0 bridgehead atoms. The molecule has 4 rings (SSSR count). The van der Waals surface area contributed by atoms with Crippen LogP contribution in [0.15, 0.2) is 29.4 Å². The van der Waals surface area contributed by atoms with Gasteiger partial charge in [-0.25, -0.2) is 8.42 Å². The molecular formula is C14H14ClN3O2S. The molecule has 21 heavy (non-hydrogen) atoms. The van der Waals surface area contributed by atoms with Crippen LogP contribution >= 0.6 is 10.7 Å². The summed E-state index contributed by atoms with van der Waals surface area (Å²) in [5.74, 6) is 1.94. The molecule has 1 aromatic heterocycles. The maximum Gasteiger partial charge on any atom is 0.296 e. The van der Waals surface area contributed by atoms with Crippen molar-refractivity contribution in [3.63, 3.8) is 0 Å². The molecule has 0 aliphatic heterocycles. The Kier molecular flexibility index (Phi) is 2.72. The van der Waals surface area contributed by atoms with Gasteiger partial charge in [-0.3, -0.25) is 0 Å². The van der Waals surface area contributed by atoms with E-state index in [2.05, 4.69) is 34.5 Å². The molecule has 110 valence electrons. The first-order valence-corrected chi connectivity index (χ1v) is 9.21. The molecule has 0 spiro atoms. The molecule has 0 saturated heterocycles. The molecule has 5 nitrogen and oxygen atoms in total. The van der Waals surface area contributed by atoms with Gasteiger partial charge in [0.1, 0.15) is 5.82 Å². The van der Waals surface area contributed by atoms with Crippen molar-refractivity contribution in [1.29, 1.82) is 0 Å². The van der Waals surface area contributed by atoms with E-state index in [0.29, 0.717) is 11.8 Å². The summed E-state index contributed by atoms with van der Waals surface area (Å²) in [6, 6.07) is 8.47. The summed E-state index contributed by atoms with van der Waals surface area (Å²) in [6.45, 7) is 0. The summed E-state index contributed by atoms with van der Waals surface area (Å²) in [4.78, 5) is 0. The highest BCUT2D eigenvalue weighted by Gasteiger charge is 2.56. The fraction of sp³-hybridized carbons (Fsp3) is 0.429. The standard InChI is InChI=1S/C14H14ClN3O2S/c1-18-13(16-17-14(18)21(15,19)20)12-10-7-6-8-4-2-3-5-9(8)11(10)12/h2-5,10-12H,6-7H2,1H3. The quantitative estimate of drug-likeness (QED) is 0.795. The number of benzene rings is 1. The van der Waals surface area contributed by atoms with Crippen molar-refractivity contribution in [2.24, 2.45) is 13.0 Å². The van der Waals surface area contributed by atoms with Crippen molar-refractivity contribution >= 4 is 19.7 Å². The maximum atomic E-state index is 11.5. The lowest BCUT2D eigenvalue weighted by molar-refractivity contribution is 0.588. The zero-order chi connectivity index (χ0) is 14.8. The summed E-state index contributed by atoms with van der Waals surface area (Å²) in [6.07, 6.45) is 2.19. The van der Waals surface area contributed by atoms with Crippen LogP contribution in [0.5, 0.6) is 0 Å². The molecule has 3 atom stereocenters. The summed E-state index contributed by atoms with van der Waals surface area (Å²) in [5, 5.41) is 7.68. The second-order valence-corrected chi connectivity index (χ2v) is 8.25. The van der Waals surface area contributed by atoms with Crippen LogP contribution in [0, 0.1) is 5.92 Å². The van der Waals surface area contributed by atoms with Crippen molar-refractivity contribution in [2.75, 3.05) is 0 Å². The first-order valence-electron chi connectivity index (χ1n) is 6.90. The van der Waals surface area contributed by atoms with Gasteiger partial charge in [-0.1, -0.05) is 24.3 Å². The molecule has 0 amide bonds. The highest BCUT2D eigenvalue weighted by molar-refractivity contribution is 8.13. The van der Waals surface area contributed by atoms with E-state index in [0.717, 1.165) is 18.7 Å². The highest BCUT2D eigenvalue weighted by atomic mass is 35.7. The van der Waals surface area contributed by atoms with Crippen molar-refractivity contribution < 1.29 is 8.42 Å². The number of fused-ring (bicyclic) bond motifs is 3. The molecule has 2 aliphatic carbocycles. The molecular weight excluding hydrogens is 310 g/mol. The van der Waals surface area contributed by atoms with Crippen molar-refractivity contribution in [3.05, 3.63) is 41.2 Å². The largest absolute Gasteiger partial charge is 0.304 e. The number of halogens is 1. The smallest absolute Gasteiger partial charge is 0.296 e. The molecule has 0 radical (unpaired) electrons. The van der Waals surface area contributed by atoms with Crippen LogP contribution in [0.4, 0.5) is 0 Å². The van der Waals surface area contributed by atoms with Crippen LogP contribution in [0.25, 0.3) is 0 Å². The van der Waals surface area contributed by atoms with Gasteiger partial charge in [-0.15, -0.1) is 10.2 Å². The van der Waals surface area contributed by atoms with Gasteiger partial charge in [0.05, 0.1) is 0 Å². The monoisotopic (exact) mass is 323 g/mol. The van der Waals surface area contributed by atoms with E-state index < -0.39 is 9.05 Å². The Bertz CT molecular complexity index is 830. The zero-order valence-electron chi connectivity index (χ0n) is 11.4. The minimum Gasteiger partial charge on any atom is -0.304 e. The second-order valence-electron chi connectivity index (χ2n) is 5.79. The van der Waals surface area contributed by atoms with Crippen molar-refractivity contribution in [2.45, 2.75) is 29.8 Å². The van der Waals surface area contributed by atoms with Gasteiger partial charge >= 0.3 is 0 Å². The van der Waals surface area contributed by atoms with Gasteiger partial charge in [-0.2, -0.15) is 0 Å². The minimum absolute atomic E-state index is 0.170. The molecule has 3 unspecified atom stereocenters. The molecule has 0 N–H and O–H groups in total. The topological polar surface area (TPSA) is 64.8 Å². The van der Waals surface area contributed by atoms with E-state index >= 15 is 0 Å². The van der Waals surface area contributed by atoms with Crippen LogP contribution in [0.1, 0.15) is 35.2 Å². The fourth-order valence-corrected chi connectivity index (χ4v) is 4.71. The normalized spacial score (nSPS) is 27.0. The van der Waals surface area contributed by atoms with E-state index in [9.17, 15) is 8.42 Å². The first-order chi connectivity index (χ1) is 9.98. The third kappa shape index (κ3) is 1.92. The highest BCUT2D eigenvalue weighted by Crippen LogP contribution is 2.64. The third-order valence-electron chi connectivity index (χ3n) is 4.71. The Hall–Kier alpha value is -1.40. The predicted octanol–water partition coefficient (Wildman–Crippen LogP) is 2.19. The van der Waals surface area contributed by atoms with Crippen LogP contribution in [0.3, 0.4) is 0 Å². The predicted molar refractivity (Wildman–Crippen MR) is 77.8 cm³/mol. The molecule has 1 aromatic carbocycles. The lowest BCUT2D eigenvalue weighted by Gasteiger charge is -2.13. The first kappa shape index (κ1) is 13.3. The Labute approximate surface area is 127 Å². The summed E-state index contributed by atoms with van der Waals surface area (Å²) in [5.41, 5.74) is 2.77. The third-order valence-corrected chi connectivity index (χ3v) is 5.92. The second kappa shape index (κ2) is 4.30. The Balaban J connectivity index is 1.74. The van der Waals surface area contributed by atoms with Gasteiger partial charge in [0.25, 0.3) is 14.2 Å². The lowest BCUT2D eigenvalue weighted by atomic mass is 9.92. The molecule has 2 aromatic rings.